The number of carbonyl (C=O) groups is 2. The lowest BCUT2D eigenvalue weighted by molar-refractivity contribution is -0.161. The summed E-state index contributed by atoms with van der Waals surface area (Å²) in [5.41, 5.74) is -1.58. The zero-order chi connectivity index (χ0) is 27.7. The largest absolute Gasteiger partial charge is 0.416 e. The molecule has 2 aliphatic rings. The molecule has 3 heterocycles. The second kappa shape index (κ2) is 8.17. The van der Waals surface area contributed by atoms with E-state index in [1.807, 2.05) is 0 Å². The molecule has 1 aromatic carbocycles. The van der Waals surface area contributed by atoms with Gasteiger partial charge in [0.25, 0.3) is 11.8 Å². The molecule has 2 aliphatic heterocycles. The summed E-state index contributed by atoms with van der Waals surface area (Å²) in [4.78, 5) is 32.2. The monoisotopic (exact) mass is 504 g/mol. The Bertz CT molecular complexity index is 1270. The number of nitrogens with zero attached hydrogens (tertiary/aromatic N) is 3. The second-order valence-corrected chi connectivity index (χ2v) is 8.71. The number of hydrogen-bond donors (Lipinski definition) is 0. The van der Waals surface area contributed by atoms with Crippen molar-refractivity contribution < 1.29 is 40.7 Å². The van der Waals surface area contributed by atoms with E-state index in [4.69, 9.17) is 25.2 Å². The SMILES string of the molecule is [2H]C([2H])([2H])N(C(=O)C1C2OC(C)(C)OC2C(=O)N1c1cc(C(F)(F)F)cc(C)n1)c1ccc(F)c(Cl)c1. The number of amides is 2. The van der Waals surface area contributed by atoms with Crippen LogP contribution in [0.15, 0.2) is 30.3 Å². The van der Waals surface area contributed by atoms with Crippen LogP contribution >= 0.6 is 11.6 Å². The molecule has 2 aromatic rings. The molecule has 2 saturated heterocycles. The van der Waals surface area contributed by atoms with Crippen molar-refractivity contribution in [3.8, 4) is 0 Å². The van der Waals surface area contributed by atoms with E-state index in [1.54, 1.807) is 0 Å². The van der Waals surface area contributed by atoms with Gasteiger partial charge in [-0.2, -0.15) is 13.2 Å². The van der Waals surface area contributed by atoms with E-state index in [9.17, 15) is 27.2 Å². The van der Waals surface area contributed by atoms with Crippen molar-refractivity contribution >= 4 is 34.9 Å². The molecule has 2 fully saturated rings. The third-order valence-corrected chi connectivity index (χ3v) is 5.64. The van der Waals surface area contributed by atoms with E-state index < -0.39 is 71.2 Å². The number of benzene rings is 1. The minimum absolute atomic E-state index is 0.110. The summed E-state index contributed by atoms with van der Waals surface area (Å²) < 4.78 is 89.5. The van der Waals surface area contributed by atoms with E-state index in [0.29, 0.717) is 15.9 Å². The normalized spacial score (nSPS) is 25.5. The van der Waals surface area contributed by atoms with Crippen molar-refractivity contribution in [2.24, 2.45) is 0 Å². The Morgan fingerprint density at radius 3 is 2.59 bits per heavy atom. The smallest absolute Gasteiger partial charge is 0.341 e. The van der Waals surface area contributed by atoms with Crippen LogP contribution in [0.1, 0.15) is 29.2 Å². The van der Waals surface area contributed by atoms with Crippen LogP contribution in [-0.2, 0) is 25.2 Å². The van der Waals surface area contributed by atoms with Crippen LogP contribution in [-0.4, -0.2) is 47.8 Å². The lowest BCUT2D eigenvalue weighted by Crippen LogP contribution is -2.51. The number of ether oxygens (including phenoxy) is 2. The third-order valence-electron chi connectivity index (χ3n) is 5.35. The molecule has 3 unspecified atom stereocenters. The van der Waals surface area contributed by atoms with Gasteiger partial charge in [-0.3, -0.25) is 14.5 Å². The van der Waals surface area contributed by atoms with E-state index in [0.717, 1.165) is 24.3 Å². The number of aromatic nitrogens is 1. The first kappa shape index (κ1) is 20.6. The molecule has 7 nitrogen and oxygen atoms in total. The molecule has 182 valence electrons. The molecule has 0 saturated carbocycles. The summed E-state index contributed by atoms with van der Waals surface area (Å²) >= 11 is 5.80. The summed E-state index contributed by atoms with van der Waals surface area (Å²) in [5, 5.41) is -0.478. The lowest BCUT2D eigenvalue weighted by Gasteiger charge is -2.31. The van der Waals surface area contributed by atoms with Crippen LogP contribution in [0.4, 0.5) is 29.1 Å². The molecule has 0 bridgehead atoms. The first-order valence-corrected chi connectivity index (χ1v) is 10.3. The zero-order valence-corrected chi connectivity index (χ0v) is 18.7. The number of pyridine rings is 1. The fraction of sp³-hybridized carbons (Fsp3) is 0.409. The number of fused-ring (bicyclic) bond motifs is 1. The van der Waals surface area contributed by atoms with Crippen LogP contribution in [0, 0.1) is 12.7 Å². The number of rotatable bonds is 3. The van der Waals surface area contributed by atoms with Crippen molar-refractivity contribution in [2.45, 2.75) is 51.0 Å². The average molecular weight is 505 g/mol. The van der Waals surface area contributed by atoms with Crippen LogP contribution in [0.25, 0.3) is 0 Å². The molecule has 3 atom stereocenters. The van der Waals surface area contributed by atoms with E-state index in [1.165, 1.54) is 20.8 Å². The van der Waals surface area contributed by atoms with Gasteiger partial charge in [-0.25, -0.2) is 9.37 Å². The van der Waals surface area contributed by atoms with Crippen molar-refractivity contribution in [1.82, 2.24) is 4.98 Å². The highest BCUT2D eigenvalue weighted by Gasteiger charge is 2.61. The quantitative estimate of drug-likeness (QED) is 0.589. The summed E-state index contributed by atoms with van der Waals surface area (Å²) in [6.07, 6.45) is -7.63. The Morgan fingerprint density at radius 1 is 1.26 bits per heavy atom. The van der Waals surface area contributed by atoms with Gasteiger partial charge >= 0.3 is 6.18 Å². The molecule has 1 aromatic heterocycles. The Hall–Kier alpha value is -2.76. The van der Waals surface area contributed by atoms with Crippen LogP contribution in [0.3, 0.4) is 0 Å². The minimum atomic E-state index is -4.80. The lowest BCUT2D eigenvalue weighted by atomic mass is 10.1. The van der Waals surface area contributed by atoms with Crippen LogP contribution in [0.5, 0.6) is 0 Å². The van der Waals surface area contributed by atoms with Crippen molar-refractivity contribution in [3.05, 3.63) is 52.4 Å². The molecule has 34 heavy (non-hydrogen) atoms. The van der Waals surface area contributed by atoms with Crippen molar-refractivity contribution in [2.75, 3.05) is 16.8 Å². The standard InChI is InChI=1S/C22H20ClF4N3O4/c1-10-7-11(22(25,26)27)8-15(28-10)30-16(17-18(20(30)32)34-21(2,3)33-17)19(31)29(4)12-5-6-14(24)13(23)9-12/h5-9,16-18H,1-4H3/i4D3. The zero-order valence-electron chi connectivity index (χ0n) is 21.0. The predicted molar refractivity (Wildman–Crippen MR) is 114 cm³/mol. The highest BCUT2D eigenvalue weighted by molar-refractivity contribution is 6.31. The summed E-state index contributed by atoms with van der Waals surface area (Å²) in [7, 11) is 0. The number of carbonyl (C=O) groups excluding carboxylic acids is 2. The fourth-order valence-electron chi connectivity index (χ4n) is 3.96. The molecule has 12 heteroatoms. The number of alkyl halides is 3. The van der Waals surface area contributed by atoms with E-state index in [-0.39, 0.29) is 11.4 Å². The third kappa shape index (κ3) is 4.23. The molecule has 2 amide bonds. The van der Waals surface area contributed by atoms with Crippen LogP contribution < -0.4 is 9.80 Å². The van der Waals surface area contributed by atoms with Gasteiger partial charge in [0, 0.05) is 22.5 Å². The molecule has 0 N–H and O–H groups in total. The van der Waals surface area contributed by atoms with Gasteiger partial charge in [-0.15, -0.1) is 0 Å². The van der Waals surface area contributed by atoms with E-state index >= 15 is 0 Å². The number of aryl methyl sites for hydroxylation is 1. The predicted octanol–water partition coefficient (Wildman–Crippen LogP) is 4.10. The Balaban J connectivity index is 1.88. The molecular weight excluding hydrogens is 482 g/mol. The topological polar surface area (TPSA) is 72.0 Å². The first-order valence-electron chi connectivity index (χ1n) is 11.4. The highest BCUT2D eigenvalue weighted by atomic mass is 35.5. The van der Waals surface area contributed by atoms with Gasteiger partial charge in [0.1, 0.15) is 23.8 Å². The molecule has 0 aliphatic carbocycles. The van der Waals surface area contributed by atoms with Gasteiger partial charge in [-0.05, 0) is 51.1 Å². The van der Waals surface area contributed by atoms with Gasteiger partial charge in [0.15, 0.2) is 11.9 Å². The van der Waals surface area contributed by atoms with Gasteiger partial charge in [-0.1, -0.05) is 11.6 Å². The Morgan fingerprint density at radius 2 is 1.97 bits per heavy atom. The van der Waals surface area contributed by atoms with Gasteiger partial charge < -0.3 is 14.4 Å². The average Bonchev–Trinajstić information content (AvgIpc) is 3.19. The molecule has 0 spiro atoms. The fourth-order valence-corrected chi connectivity index (χ4v) is 4.14. The number of hydrogen-bond acceptors (Lipinski definition) is 5. The maximum Gasteiger partial charge on any atom is 0.416 e. The summed E-state index contributed by atoms with van der Waals surface area (Å²) in [6.45, 7) is 1.01. The maximum atomic E-state index is 13.9. The minimum Gasteiger partial charge on any atom is -0.341 e. The molecule has 4 rings (SSSR count). The van der Waals surface area contributed by atoms with Crippen molar-refractivity contribution in [1.29, 1.82) is 0 Å². The number of likely N-dealkylation sites (N-methyl/N-ethyl adjacent to an activating group) is 1. The molecule has 0 radical (unpaired) electrons. The molecular formula is C22H20ClF4N3O4. The Kier molecular flexibility index (Phi) is 4.95. The van der Waals surface area contributed by atoms with Crippen LogP contribution in [0.2, 0.25) is 5.02 Å². The van der Waals surface area contributed by atoms with Gasteiger partial charge in [0.2, 0.25) is 0 Å². The highest BCUT2D eigenvalue weighted by Crippen LogP contribution is 2.41. The number of halogens is 5. The number of anilines is 2. The Labute approximate surface area is 201 Å². The van der Waals surface area contributed by atoms with E-state index in [2.05, 4.69) is 4.98 Å². The second-order valence-electron chi connectivity index (χ2n) is 8.30. The first-order chi connectivity index (χ1) is 16.9. The maximum absolute atomic E-state index is 13.9. The summed E-state index contributed by atoms with van der Waals surface area (Å²) in [5.74, 6) is -4.97. The summed E-state index contributed by atoms with van der Waals surface area (Å²) in [6, 6.07) is 2.28. The van der Waals surface area contributed by atoms with Crippen molar-refractivity contribution in [3.63, 3.8) is 0 Å². The van der Waals surface area contributed by atoms with Gasteiger partial charge in [0.05, 0.1) is 10.6 Å².